The number of hydrogen-bond donors (Lipinski definition) is 3. The zero-order valence-corrected chi connectivity index (χ0v) is 19.3. The predicted molar refractivity (Wildman–Crippen MR) is 130 cm³/mol. The van der Waals surface area contributed by atoms with E-state index in [9.17, 15) is 28.1 Å². The molecule has 0 saturated carbocycles. The van der Waals surface area contributed by atoms with E-state index >= 15 is 0 Å². The van der Waals surface area contributed by atoms with Gasteiger partial charge in [0.1, 0.15) is 0 Å². The fraction of sp³-hybridized carbons (Fsp3) is 0.0833. The van der Waals surface area contributed by atoms with E-state index in [1.165, 1.54) is 43.3 Å². The summed E-state index contributed by atoms with van der Waals surface area (Å²) in [4.78, 5) is 34.6. The highest BCUT2D eigenvalue weighted by molar-refractivity contribution is 7.92. The highest BCUT2D eigenvalue weighted by Crippen LogP contribution is 2.24. The van der Waals surface area contributed by atoms with Crippen LogP contribution in [0.5, 0.6) is 0 Å². The molecule has 0 aliphatic rings. The number of hydrogen-bond acceptors (Lipinski definition) is 6. The molecule has 178 valence electrons. The molecule has 0 unspecified atom stereocenters. The third kappa shape index (κ3) is 6.43. The fourth-order valence-corrected chi connectivity index (χ4v) is 4.09. The number of amides is 2. The molecule has 0 aliphatic carbocycles. The number of terminal acetylenes is 1. The molecule has 0 bridgehead atoms. The average molecular weight is 493 g/mol. The summed E-state index contributed by atoms with van der Waals surface area (Å²) >= 11 is 0. The van der Waals surface area contributed by atoms with Gasteiger partial charge in [0.15, 0.2) is 0 Å². The van der Waals surface area contributed by atoms with Crippen LogP contribution in [0.2, 0.25) is 0 Å². The zero-order chi connectivity index (χ0) is 25.6. The summed E-state index contributed by atoms with van der Waals surface area (Å²) in [6, 6.07) is 15.8. The number of benzene rings is 3. The van der Waals surface area contributed by atoms with Crippen LogP contribution in [0.15, 0.2) is 71.6 Å². The SMILES string of the molecule is C#Cc1cccc(NC(=O)CNC(=O)c2ccc(NS(=O)(=O)c3ccc(C)c([N+](=O)[O-])c3)cc2)c1. The van der Waals surface area contributed by atoms with Crippen molar-refractivity contribution in [3.05, 3.63) is 93.5 Å². The van der Waals surface area contributed by atoms with Crippen molar-refractivity contribution in [1.82, 2.24) is 5.32 Å². The van der Waals surface area contributed by atoms with Crippen molar-refractivity contribution in [1.29, 1.82) is 0 Å². The zero-order valence-electron chi connectivity index (χ0n) is 18.4. The van der Waals surface area contributed by atoms with Crippen LogP contribution in [0.3, 0.4) is 0 Å². The van der Waals surface area contributed by atoms with Crippen molar-refractivity contribution in [2.45, 2.75) is 11.8 Å². The van der Waals surface area contributed by atoms with E-state index in [0.29, 0.717) is 16.8 Å². The van der Waals surface area contributed by atoms with Crippen LogP contribution in [0.25, 0.3) is 0 Å². The van der Waals surface area contributed by atoms with Crippen LogP contribution in [-0.2, 0) is 14.8 Å². The molecule has 35 heavy (non-hydrogen) atoms. The Hall–Kier alpha value is -4.69. The molecule has 0 aromatic heterocycles. The van der Waals surface area contributed by atoms with E-state index in [1.807, 2.05) is 0 Å². The first-order chi connectivity index (χ1) is 16.6. The van der Waals surface area contributed by atoms with Gasteiger partial charge < -0.3 is 10.6 Å². The number of aryl methyl sites for hydroxylation is 1. The Kier molecular flexibility index (Phi) is 7.48. The molecular weight excluding hydrogens is 472 g/mol. The van der Waals surface area contributed by atoms with Crippen molar-refractivity contribution >= 4 is 38.9 Å². The Morgan fingerprint density at radius 3 is 2.40 bits per heavy atom. The molecule has 11 heteroatoms. The number of nitro groups is 1. The van der Waals surface area contributed by atoms with Crippen molar-refractivity contribution in [2.75, 3.05) is 16.6 Å². The second-order valence-corrected chi connectivity index (χ2v) is 9.03. The van der Waals surface area contributed by atoms with E-state index in [4.69, 9.17) is 6.42 Å². The maximum Gasteiger partial charge on any atom is 0.273 e. The summed E-state index contributed by atoms with van der Waals surface area (Å²) in [5.74, 6) is 1.46. The third-order valence-corrected chi connectivity index (χ3v) is 6.19. The van der Waals surface area contributed by atoms with E-state index < -0.39 is 26.8 Å². The lowest BCUT2D eigenvalue weighted by Crippen LogP contribution is -2.32. The third-order valence-electron chi connectivity index (χ3n) is 4.81. The van der Waals surface area contributed by atoms with Gasteiger partial charge in [-0.05, 0) is 55.5 Å². The molecular formula is C24H20N4O6S. The van der Waals surface area contributed by atoms with Crippen LogP contribution in [0.4, 0.5) is 17.1 Å². The minimum absolute atomic E-state index is 0.149. The topological polar surface area (TPSA) is 148 Å². The van der Waals surface area contributed by atoms with Crippen molar-refractivity contribution in [2.24, 2.45) is 0 Å². The predicted octanol–water partition coefficient (Wildman–Crippen LogP) is 3.05. The Morgan fingerprint density at radius 1 is 1.03 bits per heavy atom. The first-order valence-corrected chi connectivity index (χ1v) is 11.6. The standard InChI is InChI=1S/C24H20N4O6S/c1-3-17-5-4-6-20(13-17)26-23(29)15-25-24(30)18-8-10-19(11-9-18)27-35(33,34)21-12-7-16(2)22(14-21)28(31)32/h1,4-14,27H,15H2,2H3,(H,25,30)(H,26,29). The molecule has 0 spiro atoms. The molecule has 0 aliphatic heterocycles. The van der Waals surface area contributed by atoms with Gasteiger partial charge in [0.2, 0.25) is 5.91 Å². The number of rotatable bonds is 8. The monoisotopic (exact) mass is 492 g/mol. The number of anilines is 2. The first kappa shape index (κ1) is 24.9. The first-order valence-electron chi connectivity index (χ1n) is 10.1. The molecule has 3 aromatic carbocycles. The molecule has 0 atom stereocenters. The number of sulfonamides is 1. The molecule has 0 heterocycles. The summed E-state index contributed by atoms with van der Waals surface area (Å²) < 4.78 is 27.5. The van der Waals surface area contributed by atoms with E-state index in [2.05, 4.69) is 21.3 Å². The van der Waals surface area contributed by atoms with Crippen LogP contribution < -0.4 is 15.4 Å². The number of carbonyl (C=O) groups excluding carboxylic acids is 2. The maximum absolute atomic E-state index is 12.6. The molecule has 0 radical (unpaired) electrons. The molecule has 3 rings (SSSR count). The number of nitrogens with zero attached hydrogens (tertiary/aromatic N) is 1. The van der Waals surface area contributed by atoms with Gasteiger partial charge in [-0.25, -0.2) is 8.42 Å². The fourth-order valence-electron chi connectivity index (χ4n) is 3.01. The minimum atomic E-state index is -4.10. The summed E-state index contributed by atoms with van der Waals surface area (Å²) in [6.07, 6.45) is 5.33. The lowest BCUT2D eigenvalue weighted by atomic mass is 10.2. The normalized spacial score (nSPS) is 10.6. The van der Waals surface area contributed by atoms with Gasteiger partial charge in [-0.15, -0.1) is 6.42 Å². The average Bonchev–Trinajstić information content (AvgIpc) is 2.82. The Labute approximate surface area is 201 Å². The Bertz CT molecular complexity index is 1440. The second-order valence-electron chi connectivity index (χ2n) is 7.34. The van der Waals surface area contributed by atoms with E-state index in [0.717, 1.165) is 6.07 Å². The van der Waals surface area contributed by atoms with Gasteiger partial charge in [0.05, 0.1) is 16.4 Å². The molecule has 2 amide bonds. The van der Waals surface area contributed by atoms with Crippen LogP contribution in [0.1, 0.15) is 21.5 Å². The quantitative estimate of drug-likeness (QED) is 0.250. The lowest BCUT2D eigenvalue weighted by Gasteiger charge is -2.10. The highest BCUT2D eigenvalue weighted by atomic mass is 32.2. The second kappa shape index (κ2) is 10.5. The van der Waals surface area contributed by atoms with Gasteiger partial charge in [-0.2, -0.15) is 0 Å². The van der Waals surface area contributed by atoms with Crippen LogP contribution in [-0.4, -0.2) is 31.7 Å². The van der Waals surface area contributed by atoms with Crippen LogP contribution >= 0.6 is 0 Å². The Morgan fingerprint density at radius 2 is 1.74 bits per heavy atom. The van der Waals surface area contributed by atoms with Gasteiger partial charge in [0, 0.05) is 34.1 Å². The lowest BCUT2D eigenvalue weighted by molar-refractivity contribution is -0.385. The molecule has 0 fully saturated rings. The Balaban J connectivity index is 1.60. The van der Waals surface area contributed by atoms with Gasteiger partial charge in [-0.1, -0.05) is 18.1 Å². The summed E-state index contributed by atoms with van der Waals surface area (Å²) in [6.45, 7) is 1.21. The van der Waals surface area contributed by atoms with Gasteiger partial charge in [0.25, 0.3) is 21.6 Å². The van der Waals surface area contributed by atoms with Crippen molar-refractivity contribution in [3.8, 4) is 12.3 Å². The largest absolute Gasteiger partial charge is 0.343 e. The highest BCUT2D eigenvalue weighted by Gasteiger charge is 2.20. The van der Waals surface area contributed by atoms with Crippen LogP contribution in [0, 0.1) is 29.4 Å². The molecule has 3 N–H and O–H groups in total. The van der Waals surface area contributed by atoms with E-state index in [1.54, 1.807) is 24.3 Å². The number of nitrogens with one attached hydrogen (secondary N) is 3. The molecule has 10 nitrogen and oxygen atoms in total. The molecule has 3 aromatic rings. The summed E-state index contributed by atoms with van der Waals surface area (Å²) in [5, 5.41) is 16.2. The molecule has 0 saturated heterocycles. The van der Waals surface area contributed by atoms with Crippen molar-refractivity contribution < 1.29 is 22.9 Å². The number of carbonyl (C=O) groups is 2. The maximum atomic E-state index is 12.6. The van der Waals surface area contributed by atoms with E-state index in [-0.39, 0.29) is 28.4 Å². The smallest absolute Gasteiger partial charge is 0.273 e. The van der Waals surface area contributed by atoms with Gasteiger partial charge >= 0.3 is 0 Å². The van der Waals surface area contributed by atoms with Crippen molar-refractivity contribution in [3.63, 3.8) is 0 Å². The summed E-state index contributed by atoms with van der Waals surface area (Å²) in [5.41, 5.74) is 1.46. The summed E-state index contributed by atoms with van der Waals surface area (Å²) in [7, 11) is -4.10. The van der Waals surface area contributed by atoms with Gasteiger partial charge in [-0.3, -0.25) is 24.4 Å². The minimum Gasteiger partial charge on any atom is -0.343 e. The number of nitro benzene ring substituents is 1.